The molecule has 0 aliphatic rings. The van der Waals surface area contributed by atoms with E-state index in [1.165, 1.54) is 12.1 Å². The van der Waals surface area contributed by atoms with E-state index in [-0.39, 0.29) is 22.4 Å². The Hall–Kier alpha value is -4.14. The van der Waals surface area contributed by atoms with E-state index in [0.717, 1.165) is 31.4 Å². The van der Waals surface area contributed by atoms with Gasteiger partial charge in [0.25, 0.3) is 5.91 Å². The van der Waals surface area contributed by atoms with Crippen LogP contribution in [-0.4, -0.2) is 24.9 Å². The molecule has 0 aliphatic carbocycles. The largest absolute Gasteiger partial charge is 0.465 e. The summed E-state index contributed by atoms with van der Waals surface area (Å²) in [6.45, 7) is 0. The molecular weight excluding hydrogens is 425 g/mol. The van der Waals surface area contributed by atoms with Crippen LogP contribution in [0.4, 0.5) is 18.9 Å². The first-order chi connectivity index (χ1) is 15.1. The van der Waals surface area contributed by atoms with Crippen LogP contribution in [0.25, 0.3) is 11.1 Å². The maximum Gasteiger partial charge on any atom is 0.416 e. The Balaban J connectivity index is 2.09. The summed E-state index contributed by atoms with van der Waals surface area (Å²) in [6.07, 6.45) is -4.53. The number of alkyl halides is 3. The van der Waals surface area contributed by atoms with Crippen molar-refractivity contribution in [1.82, 2.24) is 0 Å². The first kappa shape index (κ1) is 22.5. The van der Waals surface area contributed by atoms with Crippen molar-refractivity contribution in [3.63, 3.8) is 0 Å². The predicted octanol–water partition coefficient (Wildman–Crippen LogP) is 4.51. The molecule has 3 aromatic rings. The minimum absolute atomic E-state index is 0.0585. The van der Waals surface area contributed by atoms with Crippen LogP contribution in [0.5, 0.6) is 0 Å². The van der Waals surface area contributed by atoms with Crippen molar-refractivity contribution < 1.29 is 32.3 Å². The Bertz CT molecular complexity index is 1170. The second kappa shape index (κ2) is 8.93. The number of anilines is 1. The molecule has 0 fully saturated rings. The average molecular weight is 442 g/mol. The summed E-state index contributed by atoms with van der Waals surface area (Å²) in [7, 11) is 1.12. The number of esters is 1. The summed E-state index contributed by atoms with van der Waals surface area (Å²) in [5.41, 5.74) is 4.92. The summed E-state index contributed by atoms with van der Waals surface area (Å²) < 4.78 is 43.0. The van der Waals surface area contributed by atoms with Gasteiger partial charge in [-0.05, 0) is 47.5 Å². The molecule has 9 heteroatoms. The van der Waals surface area contributed by atoms with Gasteiger partial charge in [-0.15, -0.1) is 0 Å². The number of methoxy groups -OCH3 is 1. The van der Waals surface area contributed by atoms with E-state index in [4.69, 9.17) is 10.5 Å². The number of carbonyl (C=O) groups excluding carboxylic acids is 3. The van der Waals surface area contributed by atoms with E-state index in [2.05, 4.69) is 5.32 Å². The van der Waals surface area contributed by atoms with Crippen LogP contribution in [-0.2, 0) is 10.9 Å². The second-order valence-electron chi connectivity index (χ2n) is 6.70. The summed E-state index contributed by atoms with van der Waals surface area (Å²) >= 11 is 0. The van der Waals surface area contributed by atoms with Gasteiger partial charge in [-0.2, -0.15) is 13.2 Å². The molecule has 0 aromatic heterocycles. The highest BCUT2D eigenvalue weighted by atomic mass is 19.4. The molecule has 32 heavy (non-hydrogen) atoms. The summed E-state index contributed by atoms with van der Waals surface area (Å²) in [4.78, 5) is 37.4. The lowest BCUT2D eigenvalue weighted by atomic mass is 9.93. The van der Waals surface area contributed by atoms with E-state index >= 15 is 0 Å². The van der Waals surface area contributed by atoms with Gasteiger partial charge in [-0.1, -0.05) is 30.3 Å². The number of hydrogen-bond acceptors (Lipinski definition) is 4. The van der Waals surface area contributed by atoms with Gasteiger partial charge in [-0.3, -0.25) is 9.59 Å². The van der Waals surface area contributed by atoms with Gasteiger partial charge in [0.15, 0.2) is 0 Å². The minimum atomic E-state index is -4.53. The van der Waals surface area contributed by atoms with Crippen LogP contribution in [0.3, 0.4) is 0 Å². The van der Waals surface area contributed by atoms with Gasteiger partial charge in [0.1, 0.15) is 0 Å². The van der Waals surface area contributed by atoms with E-state index in [9.17, 15) is 27.6 Å². The van der Waals surface area contributed by atoms with Gasteiger partial charge in [0.05, 0.1) is 29.4 Å². The number of nitrogens with two attached hydrogens (primary N) is 1. The third-order valence-corrected chi connectivity index (χ3v) is 4.61. The van der Waals surface area contributed by atoms with Crippen LogP contribution in [0, 0.1) is 0 Å². The third kappa shape index (κ3) is 4.77. The van der Waals surface area contributed by atoms with Gasteiger partial charge in [0, 0.05) is 5.69 Å². The summed E-state index contributed by atoms with van der Waals surface area (Å²) in [5.74, 6) is -2.75. The highest BCUT2D eigenvalue weighted by Crippen LogP contribution is 2.31. The molecule has 2 amide bonds. The van der Waals surface area contributed by atoms with Gasteiger partial charge in [-0.25, -0.2) is 4.79 Å². The van der Waals surface area contributed by atoms with E-state index < -0.39 is 29.5 Å². The molecule has 0 bridgehead atoms. The summed E-state index contributed by atoms with van der Waals surface area (Å²) in [6, 6.07) is 15.3. The van der Waals surface area contributed by atoms with Crippen LogP contribution >= 0.6 is 0 Å². The fourth-order valence-electron chi connectivity index (χ4n) is 3.10. The highest BCUT2D eigenvalue weighted by molar-refractivity contribution is 6.16. The number of amides is 2. The molecule has 164 valence electrons. The Morgan fingerprint density at radius 3 is 2.00 bits per heavy atom. The first-order valence-corrected chi connectivity index (χ1v) is 9.22. The zero-order chi connectivity index (χ0) is 23.5. The van der Waals surface area contributed by atoms with E-state index in [1.807, 2.05) is 0 Å². The van der Waals surface area contributed by atoms with Crippen molar-refractivity contribution in [1.29, 1.82) is 0 Å². The minimum Gasteiger partial charge on any atom is -0.465 e. The fourth-order valence-corrected chi connectivity index (χ4v) is 3.10. The SMILES string of the molecule is COC(=O)c1cc(-c2ccccc2)cc(C(=O)Nc2ccc(C(F)(F)F)cc2)c1C(N)=O. The van der Waals surface area contributed by atoms with Crippen molar-refractivity contribution in [3.8, 4) is 11.1 Å². The Kier molecular flexibility index (Phi) is 6.29. The second-order valence-corrected chi connectivity index (χ2v) is 6.70. The van der Waals surface area contributed by atoms with Crippen molar-refractivity contribution in [2.45, 2.75) is 6.18 Å². The molecule has 6 nitrogen and oxygen atoms in total. The molecule has 0 saturated carbocycles. The predicted molar refractivity (Wildman–Crippen MR) is 111 cm³/mol. The molecule has 0 saturated heterocycles. The van der Waals surface area contributed by atoms with Crippen LogP contribution < -0.4 is 11.1 Å². The maximum atomic E-state index is 13.0. The molecule has 0 atom stereocenters. The average Bonchev–Trinajstić information content (AvgIpc) is 2.77. The van der Waals surface area contributed by atoms with E-state index in [1.54, 1.807) is 30.3 Å². The maximum absolute atomic E-state index is 13.0. The molecule has 3 aromatic carbocycles. The monoisotopic (exact) mass is 442 g/mol. The first-order valence-electron chi connectivity index (χ1n) is 9.22. The van der Waals surface area contributed by atoms with Crippen LogP contribution in [0.1, 0.15) is 36.6 Å². The number of benzene rings is 3. The molecule has 0 radical (unpaired) electrons. The number of nitrogens with one attached hydrogen (secondary N) is 1. The standard InChI is InChI=1S/C23H17F3N2O4/c1-32-22(31)18-12-14(13-5-3-2-4-6-13)11-17(19(18)20(27)29)21(30)28-16-9-7-15(8-10-16)23(24,25)26/h2-12H,1H3,(H2,27,29)(H,28,30). The summed E-state index contributed by atoms with van der Waals surface area (Å²) in [5, 5.41) is 2.43. The van der Waals surface area contributed by atoms with Crippen molar-refractivity contribution in [3.05, 3.63) is 89.0 Å². The van der Waals surface area contributed by atoms with Crippen molar-refractivity contribution in [2.24, 2.45) is 5.73 Å². The molecule has 0 spiro atoms. The number of carbonyl (C=O) groups is 3. The lowest BCUT2D eigenvalue weighted by molar-refractivity contribution is -0.137. The number of primary amides is 1. The molecule has 0 unspecified atom stereocenters. The number of hydrogen-bond donors (Lipinski definition) is 2. The molecule has 0 aliphatic heterocycles. The lowest BCUT2D eigenvalue weighted by Crippen LogP contribution is -2.24. The Morgan fingerprint density at radius 2 is 1.47 bits per heavy atom. The number of rotatable bonds is 5. The smallest absolute Gasteiger partial charge is 0.416 e. The molecule has 3 rings (SSSR count). The van der Waals surface area contributed by atoms with Crippen molar-refractivity contribution in [2.75, 3.05) is 12.4 Å². The lowest BCUT2D eigenvalue weighted by Gasteiger charge is -2.15. The van der Waals surface area contributed by atoms with Gasteiger partial charge >= 0.3 is 12.1 Å². The Morgan fingerprint density at radius 1 is 0.875 bits per heavy atom. The van der Waals surface area contributed by atoms with Crippen molar-refractivity contribution >= 4 is 23.5 Å². The zero-order valence-corrected chi connectivity index (χ0v) is 16.7. The fraction of sp³-hybridized carbons (Fsp3) is 0.0870. The van der Waals surface area contributed by atoms with E-state index in [0.29, 0.717) is 11.1 Å². The van der Waals surface area contributed by atoms with Crippen LogP contribution in [0.2, 0.25) is 0 Å². The molecule has 3 N–H and O–H groups in total. The topological polar surface area (TPSA) is 98.5 Å². The van der Waals surface area contributed by atoms with Crippen LogP contribution in [0.15, 0.2) is 66.7 Å². The number of halogens is 3. The quantitative estimate of drug-likeness (QED) is 0.568. The van der Waals surface area contributed by atoms with Gasteiger partial charge in [0.2, 0.25) is 5.91 Å². The number of ether oxygens (including phenoxy) is 1. The zero-order valence-electron chi connectivity index (χ0n) is 16.7. The molecular formula is C23H17F3N2O4. The third-order valence-electron chi connectivity index (χ3n) is 4.61. The highest BCUT2D eigenvalue weighted by Gasteiger charge is 2.30. The Labute approximate surface area is 180 Å². The van der Waals surface area contributed by atoms with Gasteiger partial charge < -0.3 is 15.8 Å². The normalized spacial score (nSPS) is 11.0. The molecule has 0 heterocycles.